The zero-order valence-corrected chi connectivity index (χ0v) is 29.1. The Morgan fingerprint density at radius 3 is 2.16 bits per heavy atom. The molecule has 4 aromatic carbocycles. The van der Waals surface area contributed by atoms with Crippen molar-refractivity contribution in [3.05, 3.63) is 113 Å². The molecule has 2 heterocycles. The summed E-state index contributed by atoms with van der Waals surface area (Å²) in [4.78, 5) is 62.5. The molecule has 0 bridgehead atoms. The first-order chi connectivity index (χ1) is 24.8. The van der Waals surface area contributed by atoms with Crippen molar-refractivity contribution in [1.82, 2.24) is 9.88 Å². The molecule has 13 heteroatoms. The topological polar surface area (TPSA) is 137 Å². The van der Waals surface area contributed by atoms with Crippen LogP contribution in [-0.4, -0.2) is 68.4 Å². The van der Waals surface area contributed by atoms with Crippen molar-refractivity contribution >= 4 is 46.2 Å². The molecule has 1 aliphatic heterocycles. The second-order valence-electron chi connectivity index (χ2n) is 11.3. The number of para-hydroxylation sites is 1. The van der Waals surface area contributed by atoms with Gasteiger partial charge in [0.25, 0.3) is 17.6 Å². The molecule has 12 nitrogen and oxygen atoms in total. The molecule has 0 spiro atoms. The minimum atomic E-state index is -1.32. The van der Waals surface area contributed by atoms with Crippen LogP contribution >= 0.6 is 11.3 Å². The van der Waals surface area contributed by atoms with Gasteiger partial charge < -0.3 is 29.2 Å². The molecule has 0 saturated carbocycles. The van der Waals surface area contributed by atoms with E-state index in [1.165, 1.54) is 44.7 Å². The molecular formula is C38H34N4O8S. The van der Waals surface area contributed by atoms with E-state index in [0.717, 1.165) is 10.5 Å². The van der Waals surface area contributed by atoms with Crippen LogP contribution in [0.2, 0.25) is 0 Å². The van der Waals surface area contributed by atoms with Crippen LogP contribution in [0.15, 0.2) is 96.4 Å². The molecule has 0 radical (unpaired) electrons. The minimum Gasteiger partial charge on any atom is -0.497 e. The van der Waals surface area contributed by atoms with Gasteiger partial charge in [-0.2, -0.15) is 0 Å². The number of carbonyl (C=O) groups is 4. The number of carbonyl (C=O) groups excluding carboxylic acids is 4. The third-order valence-corrected chi connectivity index (χ3v) is 9.17. The van der Waals surface area contributed by atoms with Gasteiger partial charge in [0.1, 0.15) is 23.3 Å². The maximum Gasteiger partial charge on any atom is 0.299 e. The normalized spacial score (nSPS) is 12.6. The predicted octanol–water partition coefficient (Wildman–Crippen LogP) is 5.78. The Morgan fingerprint density at radius 1 is 0.843 bits per heavy atom. The molecule has 1 atom stereocenters. The zero-order valence-electron chi connectivity index (χ0n) is 28.2. The van der Waals surface area contributed by atoms with E-state index < -0.39 is 36.1 Å². The lowest BCUT2D eigenvalue weighted by Gasteiger charge is -2.32. The number of rotatable bonds is 13. The van der Waals surface area contributed by atoms with Crippen molar-refractivity contribution in [2.45, 2.75) is 12.6 Å². The fourth-order valence-corrected chi connectivity index (χ4v) is 6.64. The number of amides is 3. The number of nitrogens with zero attached hydrogens (tertiary/aromatic N) is 3. The summed E-state index contributed by atoms with van der Waals surface area (Å²) in [6.45, 7) is -0.638. The van der Waals surface area contributed by atoms with Crippen molar-refractivity contribution in [1.29, 1.82) is 0 Å². The van der Waals surface area contributed by atoms with Crippen molar-refractivity contribution in [3.8, 4) is 34.3 Å². The maximum absolute atomic E-state index is 14.6. The number of ketones is 1. The lowest BCUT2D eigenvalue weighted by molar-refractivity contribution is -0.139. The van der Waals surface area contributed by atoms with Crippen molar-refractivity contribution in [2.24, 2.45) is 0 Å². The smallest absolute Gasteiger partial charge is 0.299 e. The Bertz CT molecular complexity index is 2060. The second kappa shape index (κ2) is 15.1. The Kier molecular flexibility index (Phi) is 10.3. The van der Waals surface area contributed by atoms with Crippen LogP contribution in [0.1, 0.15) is 27.0 Å². The molecule has 0 fully saturated rings. The molecule has 0 saturated heterocycles. The number of fused-ring (bicyclic) bond motifs is 1. The number of hydrogen-bond donors (Lipinski definition) is 1. The molecule has 5 aromatic rings. The molecule has 1 aliphatic rings. The number of aromatic nitrogens is 1. The highest BCUT2D eigenvalue weighted by Gasteiger charge is 2.40. The van der Waals surface area contributed by atoms with E-state index in [-0.39, 0.29) is 23.6 Å². The molecule has 1 unspecified atom stereocenters. The standard InChI is InChI=1S/C38H34N4O8S/c1-47-26-16-14-25(15-17-26)39-37(45)34(24-18-30(48-2)36(50-4)31(19-24)49-3)42(20-32-40-28(22-51-32)23-10-6-5-7-11-23)33(43)21-41-29-13-9-8-12-27(29)35(44)38(41)46/h5-19,22,34H,20-21H2,1-4H3,(H,39,45). The van der Waals surface area contributed by atoms with Gasteiger partial charge in [-0.1, -0.05) is 42.5 Å². The van der Waals surface area contributed by atoms with Crippen LogP contribution in [0.4, 0.5) is 11.4 Å². The fourth-order valence-electron chi connectivity index (χ4n) is 5.84. The summed E-state index contributed by atoms with van der Waals surface area (Å²) >= 11 is 1.32. The van der Waals surface area contributed by atoms with Crippen LogP contribution in [0, 0.1) is 0 Å². The first kappa shape index (κ1) is 34.6. The van der Waals surface area contributed by atoms with Gasteiger partial charge in [-0.05, 0) is 54.1 Å². The quantitative estimate of drug-likeness (QED) is 0.151. The summed E-state index contributed by atoms with van der Waals surface area (Å²) < 4.78 is 22.1. The van der Waals surface area contributed by atoms with E-state index in [9.17, 15) is 19.2 Å². The summed E-state index contributed by atoms with van der Waals surface area (Å²) in [5, 5.41) is 5.32. The van der Waals surface area contributed by atoms with Gasteiger partial charge in [0.15, 0.2) is 11.5 Å². The van der Waals surface area contributed by atoms with E-state index in [1.54, 1.807) is 60.7 Å². The predicted molar refractivity (Wildman–Crippen MR) is 192 cm³/mol. The van der Waals surface area contributed by atoms with Crippen molar-refractivity contribution in [2.75, 3.05) is 45.2 Å². The number of ether oxygens (including phenoxy) is 4. The average molecular weight is 707 g/mol. The number of Topliss-reactive ketones (excluding diaryl/α,β-unsaturated/α-hetero) is 1. The van der Waals surface area contributed by atoms with Gasteiger partial charge in [0.05, 0.1) is 51.9 Å². The minimum absolute atomic E-state index is 0.120. The Hall–Kier alpha value is -6.21. The summed E-state index contributed by atoms with van der Waals surface area (Å²) in [5.41, 5.74) is 2.87. The average Bonchev–Trinajstić information content (AvgIpc) is 3.73. The third-order valence-electron chi connectivity index (χ3n) is 8.34. The van der Waals surface area contributed by atoms with Crippen LogP contribution in [0.25, 0.3) is 11.3 Å². The van der Waals surface area contributed by atoms with Crippen molar-refractivity contribution in [3.63, 3.8) is 0 Å². The number of hydrogen-bond acceptors (Lipinski definition) is 10. The SMILES string of the molecule is COc1ccc(NC(=O)C(c2cc(OC)c(OC)c(OC)c2)N(Cc2nc(-c3ccccc3)cs2)C(=O)CN2C(=O)C(=O)c3ccccc32)cc1. The number of nitrogens with one attached hydrogen (secondary N) is 1. The molecular weight excluding hydrogens is 673 g/mol. The molecule has 6 rings (SSSR count). The zero-order chi connectivity index (χ0) is 36.1. The lowest BCUT2D eigenvalue weighted by atomic mass is 10.0. The highest BCUT2D eigenvalue weighted by Crippen LogP contribution is 2.42. The number of thiazole rings is 1. The van der Waals surface area contributed by atoms with E-state index in [1.807, 2.05) is 35.7 Å². The monoisotopic (exact) mass is 706 g/mol. The van der Waals surface area contributed by atoms with E-state index in [4.69, 9.17) is 23.9 Å². The first-order valence-electron chi connectivity index (χ1n) is 15.8. The van der Waals surface area contributed by atoms with Crippen LogP contribution in [0.5, 0.6) is 23.0 Å². The van der Waals surface area contributed by atoms with Crippen LogP contribution in [0.3, 0.4) is 0 Å². The number of benzene rings is 4. The molecule has 1 N–H and O–H groups in total. The van der Waals surface area contributed by atoms with E-state index >= 15 is 0 Å². The molecule has 3 amide bonds. The highest BCUT2D eigenvalue weighted by molar-refractivity contribution is 7.09. The maximum atomic E-state index is 14.6. The first-order valence-corrected chi connectivity index (χ1v) is 16.6. The van der Waals surface area contributed by atoms with Gasteiger partial charge in [0.2, 0.25) is 11.7 Å². The van der Waals surface area contributed by atoms with Crippen molar-refractivity contribution < 1.29 is 38.1 Å². The fraction of sp³-hybridized carbons (Fsp3) is 0.184. The van der Waals surface area contributed by atoms with Gasteiger partial charge in [0, 0.05) is 16.6 Å². The summed E-state index contributed by atoms with van der Waals surface area (Å²) in [7, 11) is 5.90. The van der Waals surface area contributed by atoms with Gasteiger partial charge in [-0.3, -0.25) is 24.1 Å². The summed E-state index contributed by atoms with van der Waals surface area (Å²) in [5.74, 6) is -1.34. The number of methoxy groups -OCH3 is 4. The summed E-state index contributed by atoms with van der Waals surface area (Å²) in [6, 6.07) is 24.7. The van der Waals surface area contributed by atoms with E-state index in [2.05, 4.69) is 5.32 Å². The Morgan fingerprint density at radius 2 is 1.51 bits per heavy atom. The second-order valence-corrected chi connectivity index (χ2v) is 12.3. The van der Waals surface area contributed by atoms with Crippen LogP contribution < -0.4 is 29.2 Å². The van der Waals surface area contributed by atoms with E-state index in [0.29, 0.717) is 39.1 Å². The Labute approximate surface area is 298 Å². The molecule has 260 valence electrons. The largest absolute Gasteiger partial charge is 0.497 e. The third kappa shape index (κ3) is 7.10. The lowest BCUT2D eigenvalue weighted by Crippen LogP contribution is -2.46. The summed E-state index contributed by atoms with van der Waals surface area (Å²) in [6.07, 6.45) is 0. The van der Waals surface area contributed by atoms with Gasteiger partial charge >= 0.3 is 0 Å². The van der Waals surface area contributed by atoms with Crippen LogP contribution in [-0.2, 0) is 20.9 Å². The Balaban J connectivity index is 1.47. The molecule has 1 aromatic heterocycles. The number of anilines is 2. The van der Waals surface area contributed by atoms with Gasteiger partial charge in [-0.25, -0.2) is 4.98 Å². The highest BCUT2D eigenvalue weighted by atomic mass is 32.1. The van der Waals surface area contributed by atoms with Gasteiger partial charge in [-0.15, -0.1) is 11.3 Å². The molecule has 51 heavy (non-hydrogen) atoms. The molecule has 0 aliphatic carbocycles.